The van der Waals surface area contributed by atoms with Gasteiger partial charge in [-0.1, -0.05) is 55.2 Å². The molecule has 0 bridgehead atoms. The molecule has 0 aliphatic heterocycles. The lowest BCUT2D eigenvalue weighted by atomic mass is 9.65. The normalized spacial score (nSPS) is 28.9. The van der Waals surface area contributed by atoms with Crippen molar-refractivity contribution >= 4 is 45.1 Å². The van der Waals surface area contributed by atoms with Gasteiger partial charge < -0.3 is 0 Å². The lowest BCUT2D eigenvalue weighted by Crippen LogP contribution is -2.24. The van der Waals surface area contributed by atoms with Crippen LogP contribution in [0.1, 0.15) is 62.8 Å². The van der Waals surface area contributed by atoms with E-state index in [-0.39, 0.29) is 5.82 Å². The highest BCUT2D eigenvalue weighted by atomic mass is 32.1. The molecule has 27 heavy (non-hydrogen) atoms. The number of benzene rings is 1. The molecule has 5 heteroatoms. The molecular weight excluding hydrogens is 348 g/mol. The maximum atomic E-state index is 14.9. The lowest BCUT2D eigenvalue weighted by molar-refractivity contribution is 0.185. The predicted octanol–water partition coefficient (Wildman–Crippen LogP) is 2.96. The summed E-state index contributed by atoms with van der Waals surface area (Å²) in [5.74, 6) is 3.20. The first-order valence-electron chi connectivity index (χ1n) is 10.9. The maximum absolute atomic E-state index is 14.9. The van der Waals surface area contributed by atoms with Crippen molar-refractivity contribution in [2.45, 2.75) is 63.1 Å². The Balaban J connectivity index is 1.41. The maximum Gasteiger partial charge on any atom is 0.151 e. The summed E-state index contributed by atoms with van der Waals surface area (Å²) in [6.45, 7) is 0. The quantitative estimate of drug-likeness (QED) is 0.721. The Morgan fingerprint density at radius 1 is 0.852 bits per heavy atom. The Kier molecular flexibility index (Phi) is 5.87. The van der Waals surface area contributed by atoms with Crippen LogP contribution >= 0.6 is 11.3 Å². The minimum absolute atomic E-state index is 0.00569. The van der Waals surface area contributed by atoms with E-state index in [0.717, 1.165) is 28.8 Å². The second kappa shape index (κ2) is 8.19. The molecule has 2 aliphatic carbocycles. The van der Waals surface area contributed by atoms with Crippen LogP contribution in [0.3, 0.4) is 0 Å². The number of halogens is 1. The first-order valence-corrected chi connectivity index (χ1v) is 11.7. The van der Waals surface area contributed by atoms with Gasteiger partial charge in [-0.3, -0.25) is 0 Å². The van der Waals surface area contributed by atoms with E-state index in [1.54, 1.807) is 17.4 Å². The second-order valence-electron chi connectivity index (χ2n) is 9.22. The van der Waals surface area contributed by atoms with Crippen molar-refractivity contribution in [3.63, 3.8) is 0 Å². The highest BCUT2D eigenvalue weighted by molar-refractivity contribution is 7.24. The van der Waals surface area contributed by atoms with E-state index < -0.39 is 0 Å². The molecule has 0 spiro atoms. The largest absolute Gasteiger partial charge is 0.207 e. The van der Waals surface area contributed by atoms with E-state index in [1.165, 1.54) is 66.5 Å². The third-order valence-corrected chi connectivity index (χ3v) is 8.59. The second-order valence-corrected chi connectivity index (χ2v) is 10.5. The van der Waals surface area contributed by atoms with Crippen molar-refractivity contribution in [2.24, 2.45) is 11.8 Å². The predicted molar refractivity (Wildman–Crippen MR) is 125 cm³/mol. The number of hydrogen-bond acceptors (Lipinski definition) is 1. The summed E-state index contributed by atoms with van der Waals surface area (Å²) in [6, 6.07) is 8.17. The average molecular weight is 378 g/mol. The zero-order valence-corrected chi connectivity index (χ0v) is 17.9. The molecule has 0 N–H and O–H groups in total. The van der Waals surface area contributed by atoms with E-state index in [0.29, 0.717) is 5.92 Å². The molecule has 0 radical (unpaired) electrons. The van der Waals surface area contributed by atoms with Crippen LogP contribution < -0.4 is 10.2 Å². The molecule has 0 unspecified atom stereocenters. The summed E-state index contributed by atoms with van der Waals surface area (Å²) < 4.78 is 16.3. The zero-order valence-electron chi connectivity index (χ0n) is 17.1. The van der Waals surface area contributed by atoms with Gasteiger partial charge in [0, 0.05) is 4.88 Å². The number of hydrogen-bond donors (Lipinski definition) is 0. The Labute approximate surface area is 170 Å². The fraction of sp³-hybridized carbons (Fsp3) is 0.545. The first-order chi connectivity index (χ1) is 13.0. The van der Waals surface area contributed by atoms with Gasteiger partial charge in [-0.15, -0.1) is 0 Å². The highest BCUT2D eigenvalue weighted by Crippen LogP contribution is 2.45. The topological polar surface area (TPSA) is 0 Å². The van der Waals surface area contributed by atoms with Gasteiger partial charge in [0.05, 0.1) is 0 Å². The molecule has 0 saturated heterocycles. The molecule has 1 aromatic heterocycles. The summed E-state index contributed by atoms with van der Waals surface area (Å²) in [7, 11) is 6.67. The van der Waals surface area contributed by atoms with Crippen molar-refractivity contribution in [1.29, 1.82) is 0 Å². The van der Waals surface area contributed by atoms with Gasteiger partial charge in [0.2, 0.25) is 0 Å². The molecule has 1 aromatic carbocycles. The van der Waals surface area contributed by atoms with Crippen LogP contribution in [-0.2, 0) is 0 Å². The SMILES string of the molecule is Bc1cc(-c2ccc(C3CCC(C4CCC(B)CC4)CC3)c(F)c2)sc1B. The molecule has 0 amide bonds. The zero-order chi connectivity index (χ0) is 19.0. The first kappa shape index (κ1) is 19.4. The molecule has 2 fully saturated rings. The molecule has 4 rings (SSSR count). The van der Waals surface area contributed by atoms with E-state index in [2.05, 4.69) is 41.7 Å². The lowest BCUT2D eigenvalue weighted by Gasteiger charge is -2.37. The van der Waals surface area contributed by atoms with Gasteiger partial charge in [0.25, 0.3) is 0 Å². The summed E-state index contributed by atoms with van der Waals surface area (Å²) in [4.78, 5) is 1.19. The van der Waals surface area contributed by atoms with Gasteiger partial charge in [-0.2, -0.15) is 11.3 Å². The van der Waals surface area contributed by atoms with Crippen molar-refractivity contribution in [2.75, 3.05) is 0 Å². The van der Waals surface area contributed by atoms with Crippen LogP contribution in [0.2, 0.25) is 5.82 Å². The van der Waals surface area contributed by atoms with Gasteiger partial charge in [-0.05, 0) is 65.4 Å². The molecule has 2 saturated carbocycles. The van der Waals surface area contributed by atoms with Gasteiger partial charge in [0.1, 0.15) is 21.5 Å². The Morgan fingerprint density at radius 3 is 2.04 bits per heavy atom. The molecule has 0 atom stereocenters. The molecule has 2 aliphatic rings. The minimum atomic E-state index is 0.00569. The van der Waals surface area contributed by atoms with Crippen LogP contribution in [0.25, 0.3) is 10.4 Å². The van der Waals surface area contributed by atoms with E-state index >= 15 is 0 Å². The summed E-state index contributed by atoms with van der Waals surface area (Å²) in [5.41, 5.74) is 3.29. The monoisotopic (exact) mass is 378 g/mol. The summed E-state index contributed by atoms with van der Waals surface area (Å²) in [6.07, 6.45) is 10.6. The molecule has 140 valence electrons. The third kappa shape index (κ3) is 4.23. The average Bonchev–Trinajstić information content (AvgIpc) is 3.01. The van der Waals surface area contributed by atoms with E-state index in [1.807, 2.05) is 0 Å². The van der Waals surface area contributed by atoms with Gasteiger partial charge in [0.15, 0.2) is 7.85 Å². The molecule has 1 heterocycles. The van der Waals surface area contributed by atoms with E-state index in [9.17, 15) is 4.39 Å². The van der Waals surface area contributed by atoms with Crippen molar-refractivity contribution in [3.05, 3.63) is 35.6 Å². The van der Waals surface area contributed by atoms with Gasteiger partial charge in [-0.25, -0.2) is 4.39 Å². The van der Waals surface area contributed by atoms with Crippen molar-refractivity contribution in [3.8, 4) is 10.4 Å². The van der Waals surface area contributed by atoms with Crippen LogP contribution in [-0.4, -0.2) is 23.5 Å². The van der Waals surface area contributed by atoms with Crippen LogP contribution in [0.5, 0.6) is 0 Å². The standard InChI is InChI=1S/C22H30B3FS/c23-17-8-5-14(6-9-17)13-1-3-15(4-2-13)18-10-7-16(11-20(18)26)21-12-19(24)22(25)27-21/h7,10-15,17H,1-6,8-9,23-25H2. The third-order valence-electron chi connectivity index (χ3n) is 7.39. The fourth-order valence-corrected chi connectivity index (χ4v) is 6.42. The Hall–Kier alpha value is -0.955. The smallest absolute Gasteiger partial charge is 0.151 e. The highest BCUT2D eigenvalue weighted by Gasteiger charge is 2.31. The van der Waals surface area contributed by atoms with Crippen LogP contribution in [0.15, 0.2) is 24.3 Å². The van der Waals surface area contributed by atoms with Gasteiger partial charge >= 0.3 is 0 Å². The van der Waals surface area contributed by atoms with Crippen molar-refractivity contribution < 1.29 is 4.39 Å². The number of thiophene rings is 1. The molecule has 2 aromatic rings. The van der Waals surface area contributed by atoms with E-state index in [4.69, 9.17) is 0 Å². The fourth-order valence-electron chi connectivity index (χ4n) is 5.39. The van der Waals surface area contributed by atoms with Crippen molar-refractivity contribution in [1.82, 2.24) is 0 Å². The van der Waals surface area contributed by atoms with Crippen LogP contribution in [0.4, 0.5) is 4.39 Å². The Bertz CT molecular complexity index is 767. The summed E-state index contributed by atoms with van der Waals surface area (Å²) >= 11 is 1.77. The Morgan fingerprint density at radius 2 is 1.48 bits per heavy atom. The summed E-state index contributed by atoms with van der Waals surface area (Å²) in [5, 5.41) is 0. The molecular formula is C22H30B3FS. The van der Waals surface area contributed by atoms with Crippen LogP contribution in [0, 0.1) is 17.7 Å². The minimum Gasteiger partial charge on any atom is -0.207 e. The molecule has 0 nitrogen and oxygen atoms in total. The number of rotatable bonds is 3.